The number of nitrogens with one attached hydrogen (secondary N) is 1. The largest absolute Gasteiger partial charge is 0.368 e. The van der Waals surface area contributed by atoms with Crippen LogP contribution in [0, 0.1) is 17.6 Å². The number of benzene rings is 1. The van der Waals surface area contributed by atoms with Crippen molar-refractivity contribution < 1.29 is 13.6 Å². The third-order valence-electron chi connectivity index (χ3n) is 6.71. The SMILES string of the molecule is Nc1ncc2nc(Nc3ccc(F)cc3F)n(C3CCC(C(=O)N4CCCCC4)CC3)c2n1. The number of anilines is 3. The number of hydrogen-bond acceptors (Lipinski definition) is 6. The quantitative estimate of drug-likeness (QED) is 0.612. The maximum atomic E-state index is 14.3. The molecule has 1 aliphatic carbocycles. The maximum absolute atomic E-state index is 14.3. The van der Waals surface area contributed by atoms with Crippen molar-refractivity contribution in [3.05, 3.63) is 36.0 Å². The Bertz CT molecular complexity index is 1170. The molecule has 33 heavy (non-hydrogen) atoms. The Kier molecular flexibility index (Phi) is 5.82. The van der Waals surface area contributed by atoms with Crippen LogP contribution >= 0.6 is 0 Å². The number of fused-ring (bicyclic) bond motifs is 1. The molecule has 1 amide bonds. The molecule has 0 radical (unpaired) electrons. The van der Waals surface area contributed by atoms with Crippen molar-refractivity contribution in [3.63, 3.8) is 0 Å². The first-order valence-electron chi connectivity index (χ1n) is 11.5. The van der Waals surface area contributed by atoms with Gasteiger partial charge in [-0.25, -0.2) is 18.7 Å². The van der Waals surface area contributed by atoms with Crippen molar-refractivity contribution in [2.75, 3.05) is 24.1 Å². The summed E-state index contributed by atoms with van der Waals surface area (Å²) in [6.07, 6.45) is 7.96. The molecule has 174 valence electrons. The molecule has 3 heterocycles. The topological polar surface area (TPSA) is 102 Å². The maximum Gasteiger partial charge on any atom is 0.225 e. The summed E-state index contributed by atoms with van der Waals surface area (Å²) in [6, 6.07) is 3.36. The minimum Gasteiger partial charge on any atom is -0.368 e. The highest BCUT2D eigenvalue weighted by Gasteiger charge is 2.32. The van der Waals surface area contributed by atoms with Gasteiger partial charge in [-0.3, -0.25) is 9.36 Å². The van der Waals surface area contributed by atoms with E-state index in [2.05, 4.69) is 20.3 Å². The first-order chi connectivity index (χ1) is 16.0. The van der Waals surface area contributed by atoms with Crippen LogP contribution in [0.4, 0.5) is 26.4 Å². The second-order valence-electron chi connectivity index (χ2n) is 8.88. The van der Waals surface area contributed by atoms with E-state index in [1.165, 1.54) is 24.8 Å². The second-order valence-corrected chi connectivity index (χ2v) is 8.88. The zero-order valence-corrected chi connectivity index (χ0v) is 18.3. The van der Waals surface area contributed by atoms with E-state index in [1.54, 1.807) is 0 Å². The van der Waals surface area contributed by atoms with Gasteiger partial charge in [-0.15, -0.1) is 0 Å². The summed E-state index contributed by atoms with van der Waals surface area (Å²) in [5.74, 6) is -0.558. The Labute approximate surface area is 190 Å². The van der Waals surface area contributed by atoms with E-state index in [9.17, 15) is 13.6 Å². The molecule has 1 aromatic carbocycles. The van der Waals surface area contributed by atoms with Gasteiger partial charge in [-0.05, 0) is 57.1 Å². The number of likely N-dealkylation sites (tertiary alicyclic amines) is 1. The Hall–Kier alpha value is -3.30. The summed E-state index contributed by atoms with van der Waals surface area (Å²) in [4.78, 5) is 27.9. The van der Waals surface area contributed by atoms with Gasteiger partial charge >= 0.3 is 0 Å². The number of halogens is 2. The smallest absolute Gasteiger partial charge is 0.225 e. The fourth-order valence-electron chi connectivity index (χ4n) is 5.00. The number of piperidine rings is 1. The number of imidazole rings is 1. The minimum absolute atomic E-state index is 0.0146. The summed E-state index contributed by atoms with van der Waals surface area (Å²) in [5, 5.41) is 2.99. The zero-order chi connectivity index (χ0) is 22.9. The van der Waals surface area contributed by atoms with Crippen LogP contribution in [0.1, 0.15) is 51.0 Å². The molecule has 1 aliphatic heterocycles. The summed E-state index contributed by atoms with van der Waals surface area (Å²) in [7, 11) is 0. The molecule has 0 spiro atoms. The predicted molar refractivity (Wildman–Crippen MR) is 121 cm³/mol. The number of carbonyl (C=O) groups is 1. The number of rotatable bonds is 4. The average molecular weight is 456 g/mol. The molecule has 0 atom stereocenters. The van der Waals surface area contributed by atoms with Crippen LogP contribution in [-0.2, 0) is 4.79 Å². The minimum atomic E-state index is -0.713. The van der Waals surface area contributed by atoms with Crippen molar-refractivity contribution in [3.8, 4) is 0 Å². The third-order valence-corrected chi connectivity index (χ3v) is 6.71. The number of amides is 1. The van der Waals surface area contributed by atoms with Crippen molar-refractivity contribution in [2.24, 2.45) is 5.92 Å². The summed E-state index contributed by atoms with van der Waals surface area (Å²) >= 11 is 0. The van der Waals surface area contributed by atoms with Crippen LogP contribution in [0.5, 0.6) is 0 Å². The fourth-order valence-corrected chi connectivity index (χ4v) is 5.00. The molecule has 1 saturated carbocycles. The molecular weight excluding hydrogens is 428 g/mol. The lowest BCUT2D eigenvalue weighted by Gasteiger charge is -2.34. The van der Waals surface area contributed by atoms with Gasteiger partial charge in [0.1, 0.15) is 17.2 Å². The van der Waals surface area contributed by atoms with Crippen LogP contribution in [0.25, 0.3) is 11.2 Å². The van der Waals surface area contributed by atoms with Crippen molar-refractivity contribution in [1.82, 2.24) is 24.4 Å². The zero-order valence-electron chi connectivity index (χ0n) is 18.3. The molecule has 3 N–H and O–H groups in total. The van der Waals surface area contributed by atoms with Gasteiger partial charge in [0.15, 0.2) is 5.65 Å². The molecule has 2 fully saturated rings. The molecular formula is C23H27F2N7O. The molecule has 1 saturated heterocycles. The fraction of sp³-hybridized carbons (Fsp3) is 0.478. The molecule has 2 aliphatic rings. The van der Waals surface area contributed by atoms with E-state index in [0.717, 1.165) is 57.7 Å². The molecule has 10 heteroatoms. The average Bonchev–Trinajstić information content (AvgIpc) is 3.18. The summed E-state index contributed by atoms with van der Waals surface area (Å²) in [6.45, 7) is 1.72. The van der Waals surface area contributed by atoms with Crippen LogP contribution < -0.4 is 11.1 Å². The van der Waals surface area contributed by atoms with E-state index >= 15 is 0 Å². The van der Waals surface area contributed by atoms with Gasteiger partial charge in [0.25, 0.3) is 0 Å². The third kappa shape index (κ3) is 4.34. The number of nitrogen functional groups attached to an aromatic ring is 1. The van der Waals surface area contributed by atoms with Crippen molar-refractivity contribution in [1.29, 1.82) is 0 Å². The van der Waals surface area contributed by atoms with Gasteiger partial charge in [0, 0.05) is 31.1 Å². The van der Waals surface area contributed by atoms with Crippen LogP contribution in [-0.4, -0.2) is 43.4 Å². The molecule has 3 aromatic rings. The Morgan fingerprint density at radius 1 is 1.06 bits per heavy atom. The number of nitrogens with two attached hydrogens (primary N) is 1. The van der Waals surface area contributed by atoms with Gasteiger partial charge in [-0.1, -0.05) is 0 Å². The van der Waals surface area contributed by atoms with E-state index in [-0.39, 0.29) is 29.5 Å². The van der Waals surface area contributed by atoms with Crippen molar-refractivity contribution >= 4 is 34.7 Å². The van der Waals surface area contributed by atoms with Gasteiger partial charge < -0.3 is 16.0 Å². The monoisotopic (exact) mass is 455 g/mol. The lowest BCUT2D eigenvalue weighted by molar-refractivity contribution is -0.137. The number of carbonyl (C=O) groups excluding carboxylic acids is 1. The molecule has 8 nitrogen and oxygen atoms in total. The second kappa shape index (κ2) is 8.92. The number of aromatic nitrogens is 4. The summed E-state index contributed by atoms with van der Waals surface area (Å²) < 4.78 is 29.6. The Morgan fingerprint density at radius 3 is 2.55 bits per heavy atom. The van der Waals surface area contributed by atoms with E-state index in [0.29, 0.717) is 17.1 Å². The standard InChI is InChI=1S/C23H27F2N7O/c24-15-6-9-18(17(25)12-15)28-23-29-19-13-27-22(26)30-20(19)32(23)16-7-4-14(5-8-16)21(33)31-10-2-1-3-11-31/h6,9,12-14,16H,1-5,7-8,10-11H2,(H,28,29)(H2,26,27,30). The molecule has 2 aromatic heterocycles. The Balaban J connectivity index is 1.40. The highest BCUT2D eigenvalue weighted by atomic mass is 19.1. The van der Waals surface area contributed by atoms with Gasteiger partial charge in [0.2, 0.25) is 17.8 Å². The van der Waals surface area contributed by atoms with E-state index < -0.39 is 11.6 Å². The van der Waals surface area contributed by atoms with Crippen LogP contribution in [0.3, 0.4) is 0 Å². The van der Waals surface area contributed by atoms with Crippen LogP contribution in [0.2, 0.25) is 0 Å². The molecule has 0 unspecified atom stereocenters. The highest BCUT2D eigenvalue weighted by molar-refractivity contribution is 5.79. The lowest BCUT2D eigenvalue weighted by atomic mass is 9.84. The number of nitrogens with zero attached hydrogens (tertiary/aromatic N) is 5. The predicted octanol–water partition coefficient (Wildman–Crippen LogP) is 4.17. The van der Waals surface area contributed by atoms with Crippen LogP contribution in [0.15, 0.2) is 24.4 Å². The first-order valence-corrected chi connectivity index (χ1v) is 11.5. The van der Waals surface area contributed by atoms with E-state index in [4.69, 9.17) is 5.73 Å². The highest BCUT2D eigenvalue weighted by Crippen LogP contribution is 2.38. The summed E-state index contributed by atoms with van der Waals surface area (Å²) in [5.41, 5.74) is 7.03. The molecule has 0 bridgehead atoms. The van der Waals surface area contributed by atoms with E-state index in [1.807, 2.05) is 9.47 Å². The molecule has 5 rings (SSSR count). The normalized spacial score (nSPS) is 21.3. The lowest BCUT2D eigenvalue weighted by Crippen LogP contribution is -2.40. The van der Waals surface area contributed by atoms with Crippen molar-refractivity contribution in [2.45, 2.75) is 51.0 Å². The first kappa shape index (κ1) is 21.5. The number of hydrogen-bond donors (Lipinski definition) is 2. The van der Waals surface area contributed by atoms with Gasteiger partial charge in [0.05, 0.1) is 11.9 Å². The Morgan fingerprint density at radius 2 is 1.82 bits per heavy atom. The van der Waals surface area contributed by atoms with Gasteiger partial charge in [-0.2, -0.15) is 4.98 Å².